The molecule has 8 nitrogen and oxygen atoms in total. The minimum absolute atomic E-state index is 0.0328. The van der Waals surface area contributed by atoms with Crippen LogP contribution < -0.4 is 0 Å². The van der Waals surface area contributed by atoms with Crippen molar-refractivity contribution in [1.29, 1.82) is 0 Å². The molecule has 0 aliphatic heterocycles. The molecule has 0 aromatic heterocycles. The summed E-state index contributed by atoms with van der Waals surface area (Å²) in [5.41, 5.74) is 0. The van der Waals surface area contributed by atoms with Crippen molar-refractivity contribution in [3.8, 4) is 0 Å². The zero-order chi connectivity index (χ0) is 19.1. The van der Waals surface area contributed by atoms with Gasteiger partial charge in [-0.25, -0.2) is 0 Å². The lowest BCUT2D eigenvalue weighted by molar-refractivity contribution is -0.117. The maximum Gasteiger partial charge on any atom is 0.129 e. The Balaban J connectivity index is 2.98. The summed E-state index contributed by atoms with van der Waals surface area (Å²) in [5.74, 6) is 0.229. The van der Waals surface area contributed by atoms with E-state index >= 15 is 0 Å². The smallest absolute Gasteiger partial charge is 0.129 e. The maximum atomic E-state index is 10.7. The summed E-state index contributed by atoms with van der Waals surface area (Å²) in [6.45, 7) is 7.88. The Labute approximate surface area is 157 Å². The second kappa shape index (κ2) is 22.4. The second-order valence-corrected chi connectivity index (χ2v) is 5.56. The molecule has 0 aromatic carbocycles. The number of carbonyl (C=O) groups excluding carboxylic acids is 1. The van der Waals surface area contributed by atoms with Gasteiger partial charge < -0.3 is 38.3 Å². The van der Waals surface area contributed by atoms with Gasteiger partial charge in [0.25, 0.3) is 0 Å². The zero-order valence-corrected chi connectivity index (χ0v) is 16.1. The Bertz CT molecular complexity index is 288. The van der Waals surface area contributed by atoms with Gasteiger partial charge in [-0.1, -0.05) is 0 Å². The molecule has 0 aliphatic carbocycles. The van der Waals surface area contributed by atoms with E-state index in [0.29, 0.717) is 85.7 Å². The highest BCUT2D eigenvalue weighted by Crippen LogP contribution is 1.96. The van der Waals surface area contributed by atoms with Crippen molar-refractivity contribution >= 4 is 5.78 Å². The Morgan fingerprint density at radius 3 is 1.27 bits per heavy atom. The van der Waals surface area contributed by atoms with Crippen LogP contribution in [0.1, 0.15) is 26.2 Å². The van der Waals surface area contributed by atoms with E-state index in [4.69, 9.17) is 33.5 Å². The minimum Gasteiger partial charge on any atom is -0.394 e. The number of hydrogen-bond donors (Lipinski definition) is 1. The van der Waals surface area contributed by atoms with Crippen LogP contribution in [0.15, 0.2) is 0 Å². The number of aliphatic hydroxyl groups excluding tert-OH is 1. The van der Waals surface area contributed by atoms with Gasteiger partial charge in [-0.3, -0.25) is 0 Å². The summed E-state index contributed by atoms with van der Waals surface area (Å²) in [6.07, 6.45) is 2.43. The Hall–Kier alpha value is -0.610. The van der Waals surface area contributed by atoms with Crippen LogP contribution in [-0.4, -0.2) is 96.8 Å². The molecule has 156 valence electrons. The number of Topliss-reactive ketones (excluding diaryl/α,β-unsaturated/α-hetero) is 1. The first-order chi connectivity index (χ1) is 12.8. The molecule has 0 aromatic rings. The minimum atomic E-state index is 0.0328. The van der Waals surface area contributed by atoms with E-state index < -0.39 is 0 Å². The van der Waals surface area contributed by atoms with Gasteiger partial charge in [-0.05, 0) is 19.8 Å². The van der Waals surface area contributed by atoms with E-state index in [1.165, 1.54) is 0 Å². The molecule has 0 bridgehead atoms. The topological polar surface area (TPSA) is 92.7 Å². The molecule has 0 saturated heterocycles. The molecule has 0 atom stereocenters. The lowest BCUT2D eigenvalue weighted by Gasteiger charge is -2.08. The molecule has 0 aliphatic rings. The fraction of sp³-hybridized carbons (Fsp3) is 0.944. The van der Waals surface area contributed by atoms with Crippen molar-refractivity contribution in [1.82, 2.24) is 0 Å². The summed E-state index contributed by atoms with van der Waals surface area (Å²) in [5, 5.41) is 8.51. The van der Waals surface area contributed by atoms with Crippen molar-refractivity contribution in [3.05, 3.63) is 0 Å². The van der Waals surface area contributed by atoms with Crippen LogP contribution in [0.25, 0.3) is 0 Å². The summed E-state index contributed by atoms with van der Waals surface area (Å²) in [4.78, 5) is 10.7. The fourth-order valence-electron chi connectivity index (χ4n) is 1.84. The molecule has 0 saturated carbocycles. The standard InChI is InChI=1S/C18H36O8/c1-18(20)4-2-3-6-21-8-10-23-12-14-25-16-17-26-15-13-24-11-9-22-7-5-19/h19H,2-17H2,1H3. The van der Waals surface area contributed by atoms with Gasteiger partial charge in [0.2, 0.25) is 0 Å². The number of hydrogen-bond acceptors (Lipinski definition) is 8. The Morgan fingerprint density at radius 2 is 0.923 bits per heavy atom. The monoisotopic (exact) mass is 380 g/mol. The number of ketones is 1. The van der Waals surface area contributed by atoms with E-state index in [0.717, 1.165) is 12.8 Å². The summed E-state index contributed by atoms with van der Waals surface area (Å²) < 4.78 is 31.9. The van der Waals surface area contributed by atoms with Gasteiger partial charge in [-0.2, -0.15) is 0 Å². The molecule has 0 rings (SSSR count). The first-order valence-corrected chi connectivity index (χ1v) is 9.34. The normalized spacial score (nSPS) is 11.2. The Kier molecular flexibility index (Phi) is 21.9. The van der Waals surface area contributed by atoms with Crippen molar-refractivity contribution < 1.29 is 38.3 Å². The molecule has 0 fully saturated rings. The summed E-state index contributed by atoms with van der Waals surface area (Å²) in [6, 6.07) is 0. The van der Waals surface area contributed by atoms with Crippen molar-refractivity contribution in [2.75, 3.05) is 85.9 Å². The molecule has 0 unspecified atom stereocenters. The van der Waals surface area contributed by atoms with E-state index in [1.807, 2.05) is 0 Å². The zero-order valence-electron chi connectivity index (χ0n) is 16.1. The molecule has 0 amide bonds. The van der Waals surface area contributed by atoms with Gasteiger partial charge >= 0.3 is 0 Å². The largest absolute Gasteiger partial charge is 0.394 e. The highest BCUT2D eigenvalue weighted by Gasteiger charge is 1.95. The predicted molar refractivity (Wildman–Crippen MR) is 96.5 cm³/mol. The first-order valence-electron chi connectivity index (χ1n) is 9.34. The van der Waals surface area contributed by atoms with Crippen LogP contribution in [0.3, 0.4) is 0 Å². The molecule has 8 heteroatoms. The van der Waals surface area contributed by atoms with Crippen LogP contribution in [0.5, 0.6) is 0 Å². The average Bonchev–Trinajstić information content (AvgIpc) is 2.62. The Morgan fingerprint density at radius 1 is 0.577 bits per heavy atom. The van der Waals surface area contributed by atoms with Crippen LogP contribution >= 0.6 is 0 Å². The molecule has 26 heavy (non-hydrogen) atoms. The van der Waals surface area contributed by atoms with Crippen molar-refractivity contribution in [2.45, 2.75) is 26.2 Å². The highest BCUT2D eigenvalue weighted by atomic mass is 16.6. The average molecular weight is 380 g/mol. The number of carbonyl (C=O) groups is 1. The van der Waals surface area contributed by atoms with Crippen molar-refractivity contribution in [2.24, 2.45) is 0 Å². The summed E-state index contributed by atoms with van der Waals surface area (Å²) >= 11 is 0. The fourth-order valence-corrected chi connectivity index (χ4v) is 1.84. The molecular formula is C18H36O8. The number of unbranched alkanes of at least 4 members (excludes halogenated alkanes) is 1. The molecule has 0 radical (unpaired) electrons. The van der Waals surface area contributed by atoms with Gasteiger partial charge in [0.1, 0.15) is 5.78 Å². The summed E-state index contributed by atoms with van der Waals surface area (Å²) in [7, 11) is 0. The first kappa shape index (κ1) is 25.4. The van der Waals surface area contributed by atoms with E-state index in [2.05, 4.69) is 0 Å². The third-order valence-corrected chi connectivity index (χ3v) is 3.16. The second-order valence-electron chi connectivity index (χ2n) is 5.56. The maximum absolute atomic E-state index is 10.7. The number of rotatable bonds is 22. The van der Waals surface area contributed by atoms with Gasteiger partial charge in [0.05, 0.1) is 79.3 Å². The third kappa shape index (κ3) is 23.4. The number of ether oxygens (including phenoxy) is 6. The lowest BCUT2D eigenvalue weighted by atomic mass is 10.2. The van der Waals surface area contributed by atoms with Gasteiger partial charge in [-0.15, -0.1) is 0 Å². The van der Waals surface area contributed by atoms with Gasteiger partial charge in [0, 0.05) is 13.0 Å². The number of aliphatic hydroxyl groups is 1. The van der Waals surface area contributed by atoms with Crippen LogP contribution in [0, 0.1) is 0 Å². The molecule has 0 heterocycles. The predicted octanol–water partition coefficient (Wildman–Crippen LogP) is 0.838. The highest BCUT2D eigenvalue weighted by molar-refractivity contribution is 5.75. The van der Waals surface area contributed by atoms with Crippen LogP contribution in [0.2, 0.25) is 0 Å². The van der Waals surface area contributed by atoms with Crippen LogP contribution in [0.4, 0.5) is 0 Å². The van der Waals surface area contributed by atoms with E-state index in [1.54, 1.807) is 6.92 Å². The van der Waals surface area contributed by atoms with Gasteiger partial charge in [0.15, 0.2) is 0 Å². The van der Waals surface area contributed by atoms with Crippen molar-refractivity contribution in [3.63, 3.8) is 0 Å². The SMILES string of the molecule is CC(=O)CCCCOCCOCCOCCOCCOCCOCCO. The van der Waals surface area contributed by atoms with E-state index in [9.17, 15) is 4.79 Å². The lowest BCUT2D eigenvalue weighted by Crippen LogP contribution is -2.14. The third-order valence-electron chi connectivity index (χ3n) is 3.16. The molecule has 1 N–H and O–H groups in total. The molecule has 0 spiro atoms. The molecular weight excluding hydrogens is 344 g/mol. The van der Waals surface area contributed by atoms with Crippen LogP contribution in [-0.2, 0) is 33.2 Å². The van der Waals surface area contributed by atoms with E-state index in [-0.39, 0.29) is 12.4 Å². The quantitative estimate of drug-likeness (QED) is 0.276.